The molecule has 0 unspecified atom stereocenters. The molecule has 3 heterocycles. The standard InChI is InChI=1S/C19H18FN5O3/c20-4-1-6-28-19-22-9-14(10-23-19)24-18(26)13-2-3-17-15(8-13)16-11-21-12-25(16)5-7-27-17/h2-3,8-12H,1,4-7H2,(H,24,26). The van der Waals surface area contributed by atoms with Crippen LogP contribution in [0.2, 0.25) is 0 Å². The minimum absolute atomic E-state index is 0.141. The smallest absolute Gasteiger partial charge is 0.316 e. The van der Waals surface area contributed by atoms with Crippen LogP contribution in [0.4, 0.5) is 10.1 Å². The highest BCUT2D eigenvalue weighted by molar-refractivity contribution is 6.05. The SMILES string of the molecule is O=C(Nc1cnc(OCCCF)nc1)c1ccc2c(c1)-c1cncn1CCO2. The topological polar surface area (TPSA) is 91.2 Å². The summed E-state index contributed by atoms with van der Waals surface area (Å²) < 4.78 is 25.0. The maximum Gasteiger partial charge on any atom is 0.316 e. The number of carbonyl (C=O) groups is 1. The Hall–Kier alpha value is -3.49. The number of hydrogen-bond acceptors (Lipinski definition) is 6. The van der Waals surface area contributed by atoms with Gasteiger partial charge in [0.1, 0.15) is 12.4 Å². The third-order valence-electron chi connectivity index (χ3n) is 4.21. The van der Waals surface area contributed by atoms with E-state index in [1.807, 2.05) is 4.57 Å². The van der Waals surface area contributed by atoms with Gasteiger partial charge in [0.25, 0.3) is 5.91 Å². The molecule has 3 aromatic rings. The molecule has 1 aliphatic rings. The summed E-state index contributed by atoms with van der Waals surface area (Å²) in [6.07, 6.45) is 6.66. The molecule has 0 aliphatic carbocycles. The highest BCUT2D eigenvalue weighted by atomic mass is 19.1. The molecule has 8 nitrogen and oxygen atoms in total. The van der Waals surface area contributed by atoms with Gasteiger partial charge in [-0.15, -0.1) is 0 Å². The van der Waals surface area contributed by atoms with E-state index in [4.69, 9.17) is 9.47 Å². The van der Waals surface area contributed by atoms with Crippen molar-refractivity contribution in [2.45, 2.75) is 13.0 Å². The third-order valence-corrected chi connectivity index (χ3v) is 4.21. The first-order chi connectivity index (χ1) is 13.7. The first-order valence-electron chi connectivity index (χ1n) is 8.84. The fourth-order valence-corrected chi connectivity index (χ4v) is 2.85. The molecule has 1 amide bonds. The van der Waals surface area contributed by atoms with Gasteiger partial charge in [-0.2, -0.15) is 0 Å². The number of ether oxygens (including phenoxy) is 2. The molecule has 0 saturated heterocycles. The van der Waals surface area contributed by atoms with Gasteiger partial charge in [0.2, 0.25) is 0 Å². The number of carbonyl (C=O) groups excluding carboxylic acids is 1. The summed E-state index contributed by atoms with van der Waals surface area (Å²) in [5, 5.41) is 2.75. The van der Waals surface area contributed by atoms with Crippen LogP contribution in [0.5, 0.6) is 11.8 Å². The molecule has 144 valence electrons. The Morgan fingerprint density at radius 2 is 2.14 bits per heavy atom. The normalized spacial score (nSPS) is 12.3. The molecule has 0 spiro atoms. The third kappa shape index (κ3) is 3.78. The van der Waals surface area contributed by atoms with Crippen molar-refractivity contribution in [3.63, 3.8) is 0 Å². The number of nitrogens with zero attached hydrogens (tertiary/aromatic N) is 4. The summed E-state index contributed by atoms with van der Waals surface area (Å²) in [4.78, 5) is 24.8. The van der Waals surface area contributed by atoms with Crippen LogP contribution < -0.4 is 14.8 Å². The second-order valence-electron chi connectivity index (χ2n) is 6.13. The Kier molecular flexibility index (Phi) is 5.14. The lowest BCUT2D eigenvalue weighted by Gasteiger charge is -2.10. The molecule has 2 aromatic heterocycles. The van der Waals surface area contributed by atoms with Crippen LogP contribution >= 0.6 is 0 Å². The second-order valence-corrected chi connectivity index (χ2v) is 6.13. The van der Waals surface area contributed by atoms with Crippen molar-refractivity contribution < 1.29 is 18.7 Å². The largest absolute Gasteiger partial charge is 0.491 e. The van der Waals surface area contributed by atoms with Crippen molar-refractivity contribution in [1.29, 1.82) is 0 Å². The Balaban J connectivity index is 1.49. The molecule has 9 heteroatoms. The van der Waals surface area contributed by atoms with E-state index in [0.717, 1.165) is 11.3 Å². The Labute approximate surface area is 160 Å². The van der Waals surface area contributed by atoms with E-state index in [0.29, 0.717) is 30.2 Å². The van der Waals surface area contributed by atoms with E-state index in [2.05, 4.69) is 20.3 Å². The molecule has 1 aliphatic heterocycles. The van der Waals surface area contributed by atoms with Gasteiger partial charge in [-0.25, -0.2) is 15.0 Å². The van der Waals surface area contributed by atoms with Crippen molar-refractivity contribution in [1.82, 2.24) is 19.5 Å². The van der Waals surface area contributed by atoms with Crippen LogP contribution in [0, 0.1) is 0 Å². The summed E-state index contributed by atoms with van der Waals surface area (Å²) in [6.45, 7) is 0.984. The summed E-state index contributed by atoms with van der Waals surface area (Å²) in [6, 6.07) is 5.40. The predicted molar refractivity (Wildman–Crippen MR) is 99.2 cm³/mol. The fraction of sp³-hybridized carbons (Fsp3) is 0.263. The second kappa shape index (κ2) is 8.03. The average molecular weight is 383 g/mol. The molecule has 28 heavy (non-hydrogen) atoms. The van der Waals surface area contributed by atoms with Gasteiger partial charge in [0.15, 0.2) is 0 Å². The molecule has 0 saturated carbocycles. The van der Waals surface area contributed by atoms with E-state index < -0.39 is 6.67 Å². The van der Waals surface area contributed by atoms with Gasteiger partial charge < -0.3 is 19.4 Å². The van der Waals surface area contributed by atoms with Gasteiger partial charge in [-0.1, -0.05) is 0 Å². The Morgan fingerprint density at radius 1 is 1.29 bits per heavy atom. The van der Waals surface area contributed by atoms with E-state index in [1.54, 1.807) is 30.7 Å². The zero-order valence-electron chi connectivity index (χ0n) is 15.0. The summed E-state index contributed by atoms with van der Waals surface area (Å²) in [5.41, 5.74) is 2.62. The van der Waals surface area contributed by atoms with Crippen LogP contribution in [-0.2, 0) is 6.54 Å². The number of alkyl halides is 1. The number of rotatable bonds is 6. The van der Waals surface area contributed by atoms with Crippen molar-refractivity contribution in [2.75, 3.05) is 25.2 Å². The fourth-order valence-electron chi connectivity index (χ4n) is 2.85. The molecular formula is C19H18FN5O3. The zero-order chi connectivity index (χ0) is 19.3. The first-order valence-corrected chi connectivity index (χ1v) is 8.84. The minimum atomic E-state index is -0.458. The molecule has 0 bridgehead atoms. The molecule has 1 N–H and O–H groups in total. The van der Waals surface area contributed by atoms with Gasteiger partial charge in [-0.3, -0.25) is 9.18 Å². The average Bonchev–Trinajstić information content (AvgIpc) is 3.11. The Bertz CT molecular complexity index is 974. The number of aromatic nitrogens is 4. The summed E-state index contributed by atoms with van der Waals surface area (Å²) in [7, 11) is 0. The number of fused-ring (bicyclic) bond motifs is 3. The quantitative estimate of drug-likeness (QED) is 0.658. The number of nitrogens with one attached hydrogen (secondary N) is 1. The van der Waals surface area contributed by atoms with Crippen LogP contribution in [0.25, 0.3) is 11.3 Å². The van der Waals surface area contributed by atoms with Crippen molar-refractivity contribution in [3.8, 4) is 23.0 Å². The number of benzene rings is 1. The van der Waals surface area contributed by atoms with Gasteiger partial charge in [0, 0.05) is 17.5 Å². The summed E-state index contributed by atoms with van der Waals surface area (Å²) in [5.74, 6) is 0.418. The lowest BCUT2D eigenvalue weighted by Crippen LogP contribution is -2.13. The van der Waals surface area contributed by atoms with Gasteiger partial charge in [-0.05, 0) is 18.2 Å². The summed E-state index contributed by atoms with van der Waals surface area (Å²) >= 11 is 0. The molecule has 0 atom stereocenters. The first kappa shape index (κ1) is 17.9. The highest BCUT2D eigenvalue weighted by Gasteiger charge is 2.18. The van der Waals surface area contributed by atoms with Crippen LogP contribution in [0.1, 0.15) is 16.8 Å². The molecule has 0 fully saturated rings. The van der Waals surface area contributed by atoms with Gasteiger partial charge >= 0.3 is 6.01 Å². The molecule has 4 rings (SSSR count). The number of amides is 1. The van der Waals surface area contributed by atoms with Crippen LogP contribution in [-0.4, -0.2) is 45.3 Å². The van der Waals surface area contributed by atoms with Crippen molar-refractivity contribution >= 4 is 11.6 Å². The lowest BCUT2D eigenvalue weighted by atomic mass is 10.1. The van der Waals surface area contributed by atoms with Crippen LogP contribution in [0.15, 0.2) is 43.1 Å². The highest BCUT2D eigenvalue weighted by Crippen LogP contribution is 2.33. The number of halogens is 1. The number of anilines is 1. The minimum Gasteiger partial charge on any atom is -0.491 e. The number of hydrogen-bond donors (Lipinski definition) is 1. The molecule has 1 aromatic carbocycles. The van der Waals surface area contributed by atoms with E-state index >= 15 is 0 Å². The predicted octanol–water partition coefficient (Wildman–Crippen LogP) is 2.72. The molecular weight excluding hydrogens is 365 g/mol. The van der Waals surface area contributed by atoms with E-state index in [9.17, 15) is 9.18 Å². The lowest BCUT2D eigenvalue weighted by molar-refractivity contribution is 0.102. The Morgan fingerprint density at radius 3 is 2.96 bits per heavy atom. The number of imidazole rings is 1. The zero-order valence-corrected chi connectivity index (χ0v) is 15.0. The van der Waals surface area contributed by atoms with Crippen molar-refractivity contribution in [2.24, 2.45) is 0 Å². The van der Waals surface area contributed by atoms with E-state index in [1.165, 1.54) is 12.4 Å². The monoisotopic (exact) mass is 383 g/mol. The maximum absolute atomic E-state index is 12.6. The van der Waals surface area contributed by atoms with E-state index in [-0.39, 0.29) is 24.9 Å². The van der Waals surface area contributed by atoms with Crippen molar-refractivity contribution in [3.05, 3.63) is 48.7 Å². The van der Waals surface area contributed by atoms with Crippen LogP contribution in [0.3, 0.4) is 0 Å². The van der Waals surface area contributed by atoms with Gasteiger partial charge in [0.05, 0.1) is 56.1 Å². The maximum atomic E-state index is 12.6. The molecule has 0 radical (unpaired) electrons.